The number of aromatic nitrogens is 1. The van der Waals surface area contributed by atoms with Gasteiger partial charge in [0.15, 0.2) is 5.13 Å². The Bertz CT molecular complexity index is 803. The first-order chi connectivity index (χ1) is 11.7. The Morgan fingerprint density at radius 1 is 1.12 bits per heavy atom. The van der Waals surface area contributed by atoms with Crippen LogP contribution in [0.2, 0.25) is 0 Å². The number of nitrogens with zero attached hydrogens (tertiary/aromatic N) is 1. The quantitative estimate of drug-likeness (QED) is 0.384. The van der Waals surface area contributed by atoms with Crippen molar-refractivity contribution >= 4 is 56.7 Å². The molecule has 0 bridgehead atoms. The van der Waals surface area contributed by atoms with Crippen molar-refractivity contribution in [2.45, 2.75) is 11.3 Å². The Kier molecular flexibility index (Phi) is 6.28. The van der Waals surface area contributed by atoms with Gasteiger partial charge >= 0.3 is 0 Å². The van der Waals surface area contributed by atoms with Crippen molar-refractivity contribution < 1.29 is 4.79 Å². The predicted molar refractivity (Wildman–Crippen MR) is 111 cm³/mol. The molecular weight excluding hydrogens is 451 g/mol. The molecule has 0 aliphatic carbocycles. The topological polar surface area (TPSA) is 42.0 Å². The van der Waals surface area contributed by atoms with Crippen LogP contribution in [0.25, 0.3) is 11.3 Å². The van der Waals surface area contributed by atoms with Gasteiger partial charge in [0.05, 0.1) is 5.69 Å². The average molecular weight is 466 g/mol. The summed E-state index contributed by atoms with van der Waals surface area (Å²) in [7, 11) is 0. The van der Waals surface area contributed by atoms with Gasteiger partial charge in [0.2, 0.25) is 5.91 Å². The molecule has 3 aromatic rings. The number of thioether (sulfide) groups is 1. The van der Waals surface area contributed by atoms with Gasteiger partial charge < -0.3 is 5.32 Å². The summed E-state index contributed by atoms with van der Waals surface area (Å²) in [4.78, 5) is 17.7. The van der Waals surface area contributed by atoms with E-state index in [0.717, 1.165) is 17.0 Å². The minimum absolute atomic E-state index is 0.00180. The van der Waals surface area contributed by atoms with E-state index in [-0.39, 0.29) is 5.91 Å². The number of hydrogen-bond donors (Lipinski definition) is 1. The Hall–Kier alpha value is -1.38. The monoisotopic (exact) mass is 466 g/mol. The van der Waals surface area contributed by atoms with E-state index in [1.165, 1.54) is 19.8 Å². The lowest BCUT2D eigenvalue weighted by molar-refractivity contribution is -0.115. The zero-order valence-corrected chi connectivity index (χ0v) is 16.5. The fourth-order valence-electron chi connectivity index (χ4n) is 2.04. The van der Waals surface area contributed by atoms with Crippen molar-refractivity contribution in [2.24, 2.45) is 0 Å². The number of nitrogens with one attached hydrogen (secondary N) is 1. The second kappa shape index (κ2) is 8.64. The summed E-state index contributed by atoms with van der Waals surface area (Å²) in [6.07, 6.45) is 0.470. The summed E-state index contributed by atoms with van der Waals surface area (Å²) >= 11 is 5.42. The van der Waals surface area contributed by atoms with Gasteiger partial charge in [-0.05, 0) is 46.9 Å². The number of benzene rings is 2. The van der Waals surface area contributed by atoms with Crippen molar-refractivity contribution in [3.05, 3.63) is 63.5 Å². The van der Waals surface area contributed by atoms with E-state index < -0.39 is 0 Å². The molecule has 122 valence electrons. The van der Waals surface area contributed by atoms with Gasteiger partial charge in [-0.1, -0.05) is 30.3 Å². The van der Waals surface area contributed by atoms with Crippen LogP contribution in [0.3, 0.4) is 0 Å². The molecule has 1 amide bonds. The first-order valence-corrected chi connectivity index (χ1v) is 10.3. The summed E-state index contributed by atoms with van der Waals surface area (Å²) < 4.78 is 1.19. The predicted octanol–water partition coefficient (Wildman–Crippen LogP) is 5.54. The molecule has 0 unspecified atom stereocenters. The minimum Gasteiger partial charge on any atom is -0.302 e. The van der Waals surface area contributed by atoms with Crippen LogP contribution in [-0.4, -0.2) is 16.6 Å². The molecule has 1 heterocycles. The molecule has 1 N–H and O–H groups in total. The molecule has 24 heavy (non-hydrogen) atoms. The second-order valence-electron chi connectivity index (χ2n) is 5.00. The van der Waals surface area contributed by atoms with Crippen LogP contribution in [-0.2, 0) is 4.79 Å². The largest absolute Gasteiger partial charge is 0.302 e. The molecule has 0 spiro atoms. The number of amides is 1. The molecule has 0 aliphatic heterocycles. The lowest BCUT2D eigenvalue weighted by atomic mass is 10.2. The molecule has 2 aromatic carbocycles. The smallest absolute Gasteiger partial charge is 0.226 e. The Balaban J connectivity index is 1.51. The number of thiazole rings is 1. The maximum atomic E-state index is 12.0. The van der Waals surface area contributed by atoms with Crippen molar-refractivity contribution in [2.75, 3.05) is 11.1 Å². The van der Waals surface area contributed by atoms with Gasteiger partial charge in [0.1, 0.15) is 0 Å². The van der Waals surface area contributed by atoms with Gasteiger partial charge in [-0.3, -0.25) is 4.79 Å². The van der Waals surface area contributed by atoms with Crippen LogP contribution < -0.4 is 5.32 Å². The Morgan fingerprint density at radius 3 is 2.62 bits per heavy atom. The Morgan fingerprint density at radius 2 is 1.88 bits per heavy atom. The van der Waals surface area contributed by atoms with Crippen LogP contribution in [0.4, 0.5) is 5.13 Å². The van der Waals surface area contributed by atoms with Gasteiger partial charge in [0.25, 0.3) is 0 Å². The molecule has 0 radical (unpaired) electrons. The number of rotatable bonds is 6. The fraction of sp³-hybridized carbons (Fsp3) is 0.111. The van der Waals surface area contributed by atoms with Crippen LogP contribution in [0.1, 0.15) is 6.42 Å². The summed E-state index contributed by atoms with van der Waals surface area (Å²) in [5.74, 6) is 0.757. The van der Waals surface area contributed by atoms with Crippen LogP contribution in [0, 0.1) is 3.57 Å². The lowest BCUT2D eigenvalue weighted by Gasteiger charge is -2.02. The number of carbonyl (C=O) groups excluding carboxylic acids is 1. The molecule has 0 aliphatic rings. The third kappa shape index (κ3) is 5.06. The zero-order chi connectivity index (χ0) is 16.8. The molecular formula is C18H15IN2OS2. The number of carbonyl (C=O) groups is 1. The van der Waals surface area contributed by atoms with Crippen molar-refractivity contribution in [3.63, 3.8) is 0 Å². The summed E-state index contributed by atoms with van der Waals surface area (Å²) in [6, 6.07) is 18.3. The van der Waals surface area contributed by atoms with Crippen LogP contribution in [0.5, 0.6) is 0 Å². The van der Waals surface area contributed by atoms with Gasteiger partial charge in [-0.15, -0.1) is 23.1 Å². The molecule has 3 rings (SSSR count). The first kappa shape index (κ1) is 17.4. The normalized spacial score (nSPS) is 10.5. The number of anilines is 1. The van der Waals surface area contributed by atoms with E-state index in [1.807, 2.05) is 47.8 Å². The highest BCUT2D eigenvalue weighted by Crippen LogP contribution is 2.25. The fourth-order valence-corrected chi connectivity index (χ4v) is 4.01. The van der Waals surface area contributed by atoms with Crippen molar-refractivity contribution in [1.82, 2.24) is 4.98 Å². The highest BCUT2D eigenvalue weighted by molar-refractivity contribution is 14.1. The highest BCUT2D eigenvalue weighted by Gasteiger charge is 2.08. The third-order valence-electron chi connectivity index (χ3n) is 3.23. The molecule has 1 aromatic heterocycles. The first-order valence-electron chi connectivity index (χ1n) is 7.40. The van der Waals surface area contributed by atoms with Gasteiger partial charge in [-0.2, -0.15) is 0 Å². The maximum absolute atomic E-state index is 12.0. The number of halogens is 1. The van der Waals surface area contributed by atoms with E-state index in [4.69, 9.17) is 0 Å². The number of hydrogen-bond acceptors (Lipinski definition) is 4. The van der Waals surface area contributed by atoms with Gasteiger partial charge in [0, 0.05) is 31.6 Å². The SMILES string of the molecule is O=C(CCSc1ccccc1)Nc1nc(-c2ccc(I)cc2)cs1. The summed E-state index contributed by atoms with van der Waals surface area (Å²) in [5, 5.41) is 5.50. The average Bonchev–Trinajstić information content (AvgIpc) is 3.05. The molecule has 0 saturated carbocycles. The standard InChI is InChI=1S/C18H15IN2OS2/c19-14-8-6-13(7-9-14)16-12-24-18(20-16)21-17(22)10-11-23-15-4-2-1-3-5-15/h1-9,12H,10-11H2,(H,20,21,22). The lowest BCUT2D eigenvalue weighted by Crippen LogP contribution is -2.11. The molecule has 6 heteroatoms. The maximum Gasteiger partial charge on any atom is 0.226 e. The van der Waals surface area contributed by atoms with E-state index in [9.17, 15) is 4.79 Å². The third-order valence-corrected chi connectivity index (χ3v) is 5.72. The van der Waals surface area contributed by atoms with Crippen molar-refractivity contribution in [1.29, 1.82) is 0 Å². The summed E-state index contributed by atoms with van der Waals surface area (Å²) in [6.45, 7) is 0. The van der Waals surface area contributed by atoms with E-state index in [1.54, 1.807) is 11.8 Å². The highest BCUT2D eigenvalue weighted by atomic mass is 127. The molecule has 0 atom stereocenters. The van der Waals surface area contributed by atoms with Crippen LogP contribution in [0.15, 0.2) is 64.9 Å². The van der Waals surface area contributed by atoms with Gasteiger partial charge in [-0.25, -0.2) is 4.98 Å². The molecule has 3 nitrogen and oxygen atoms in total. The van der Waals surface area contributed by atoms with E-state index in [2.05, 4.69) is 45.0 Å². The van der Waals surface area contributed by atoms with E-state index >= 15 is 0 Å². The van der Waals surface area contributed by atoms with Crippen molar-refractivity contribution in [3.8, 4) is 11.3 Å². The Labute approximate surface area is 163 Å². The van der Waals surface area contributed by atoms with Crippen LogP contribution >= 0.6 is 45.7 Å². The minimum atomic E-state index is 0.00180. The second-order valence-corrected chi connectivity index (χ2v) is 8.28. The molecule has 0 saturated heterocycles. The summed E-state index contributed by atoms with van der Waals surface area (Å²) in [5.41, 5.74) is 1.96. The zero-order valence-electron chi connectivity index (χ0n) is 12.7. The molecule has 0 fully saturated rings. The van der Waals surface area contributed by atoms with E-state index in [0.29, 0.717) is 11.6 Å².